The monoisotopic (exact) mass is 352 g/mol. The van der Waals surface area contributed by atoms with E-state index in [1.54, 1.807) is 12.1 Å². The van der Waals surface area contributed by atoms with Crippen LogP contribution >= 0.6 is 0 Å². The molecule has 0 bridgehead atoms. The third-order valence-corrected chi connectivity index (χ3v) is 5.83. The van der Waals surface area contributed by atoms with E-state index in [1.807, 2.05) is 46.7 Å². The van der Waals surface area contributed by atoms with Crippen LogP contribution in [0.1, 0.15) is 34.1 Å². The van der Waals surface area contributed by atoms with E-state index < -0.39 is 30.0 Å². The molecule has 0 aliphatic carbocycles. The quantitative estimate of drug-likeness (QED) is 0.780. The molecule has 138 valence electrons. The Hall–Kier alpha value is -1.18. The van der Waals surface area contributed by atoms with Crippen molar-refractivity contribution in [2.24, 2.45) is 0 Å². The summed E-state index contributed by atoms with van der Waals surface area (Å²) in [6.45, 7) is 8.97. The van der Waals surface area contributed by atoms with Crippen LogP contribution in [0, 0.1) is 11.6 Å². The third-order valence-electron chi connectivity index (χ3n) is 5.83. The lowest BCUT2D eigenvalue weighted by molar-refractivity contribution is 0.00578. The van der Waals surface area contributed by atoms with Gasteiger partial charge in [0.05, 0.1) is 16.9 Å². The summed E-state index contributed by atoms with van der Waals surface area (Å²) in [6, 6.07) is 3.57. The molecule has 2 saturated heterocycles. The van der Waals surface area contributed by atoms with E-state index in [0.717, 1.165) is 13.0 Å². The minimum absolute atomic E-state index is 0.114. The zero-order valence-electron chi connectivity index (χ0n) is 15.9. The maximum absolute atomic E-state index is 14.8. The van der Waals surface area contributed by atoms with Crippen molar-refractivity contribution in [1.29, 1.82) is 0 Å². The second-order valence-electron chi connectivity index (χ2n) is 8.24. The van der Waals surface area contributed by atoms with Gasteiger partial charge in [0, 0.05) is 24.6 Å². The van der Waals surface area contributed by atoms with Gasteiger partial charge >= 0.3 is 7.12 Å². The number of hydrogen-bond acceptors (Lipinski definition) is 4. The minimum atomic E-state index is -0.901. The average Bonchev–Trinajstić information content (AvgIpc) is 3.05. The molecule has 4 nitrogen and oxygen atoms in total. The molecule has 0 amide bonds. The normalized spacial score (nSPS) is 25.2. The molecule has 0 radical (unpaired) electrons. The average molecular weight is 352 g/mol. The summed E-state index contributed by atoms with van der Waals surface area (Å²) in [5.74, 6) is -1.71. The van der Waals surface area contributed by atoms with Crippen molar-refractivity contribution < 1.29 is 18.1 Å². The highest BCUT2D eigenvalue weighted by molar-refractivity contribution is 6.62. The Morgan fingerprint density at radius 1 is 1.08 bits per heavy atom. The van der Waals surface area contributed by atoms with Crippen molar-refractivity contribution >= 4 is 18.3 Å². The van der Waals surface area contributed by atoms with Gasteiger partial charge in [0.2, 0.25) is 0 Å². The number of benzene rings is 1. The second-order valence-corrected chi connectivity index (χ2v) is 8.24. The van der Waals surface area contributed by atoms with Gasteiger partial charge in [-0.05, 0) is 54.3 Å². The lowest BCUT2D eigenvalue weighted by Crippen LogP contribution is -2.41. The van der Waals surface area contributed by atoms with Crippen LogP contribution in [0.15, 0.2) is 12.1 Å². The predicted molar refractivity (Wildman–Crippen MR) is 96.4 cm³/mol. The number of nitrogens with zero attached hydrogens (tertiary/aromatic N) is 2. The zero-order chi connectivity index (χ0) is 18.6. The van der Waals surface area contributed by atoms with Gasteiger partial charge in [0.1, 0.15) is 0 Å². The molecule has 1 atom stereocenters. The largest absolute Gasteiger partial charge is 0.497 e. The molecule has 0 N–H and O–H groups in total. The summed E-state index contributed by atoms with van der Waals surface area (Å²) in [6.07, 6.45) is 0.938. The smallest absolute Gasteiger partial charge is 0.399 e. The van der Waals surface area contributed by atoms with E-state index in [-0.39, 0.29) is 5.46 Å². The summed E-state index contributed by atoms with van der Waals surface area (Å²) < 4.78 is 41.2. The molecule has 0 aromatic heterocycles. The van der Waals surface area contributed by atoms with Crippen molar-refractivity contribution in [2.75, 3.05) is 32.1 Å². The van der Waals surface area contributed by atoms with E-state index in [0.29, 0.717) is 18.3 Å². The number of hydrogen-bond donors (Lipinski definition) is 0. The lowest BCUT2D eigenvalue weighted by atomic mass is 9.78. The molecular formula is C18H27BF2N2O2. The molecule has 2 fully saturated rings. The van der Waals surface area contributed by atoms with Crippen molar-refractivity contribution in [3.05, 3.63) is 23.8 Å². The zero-order valence-corrected chi connectivity index (χ0v) is 15.9. The van der Waals surface area contributed by atoms with Gasteiger partial charge in [-0.3, -0.25) is 0 Å². The van der Waals surface area contributed by atoms with Crippen molar-refractivity contribution in [3.8, 4) is 0 Å². The van der Waals surface area contributed by atoms with Crippen molar-refractivity contribution in [2.45, 2.75) is 51.4 Å². The molecule has 25 heavy (non-hydrogen) atoms. The summed E-state index contributed by atoms with van der Waals surface area (Å²) >= 11 is 0. The Kier molecular flexibility index (Phi) is 4.63. The fraction of sp³-hybridized carbons (Fsp3) is 0.667. The Bertz CT molecular complexity index is 651. The third kappa shape index (κ3) is 3.18. The second kappa shape index (κ2) is 6.22. The fourth-order valence-electron chi connectivity index (χ4n) is 3.33. The van der Waals surface area contributed by atoms with E-state index in [2.05, 4.69) is 4.90 Å². The first-order valence-electron chi connectivity index (χ1n) is 8.78. The standard InChI is InChI=1S/C18H27BF2N2O2/c1-17(2)18(3,4)25-19(24-17)13-7-8-14(16(21)15(13)20)23-10-9-12(11-23)22(5)6/h7-8,12H,9-11H2,1-6H3. The van der Waals surface area contributed by atoms with E-state index in [4.69, 9.17) is 9.31 Å². The highest BCUT2D eigenvalue weighted by Crippen LogP contribution is 2.37. The Labute approximate surface area is 149 Å². The highest BCUT2D eigenvalue weighted by Gasteiger charge is 2.52. The SMILES string of the molecule is CN(C)C1CCN(c2ccc(B3OC(C)(C)C(C)(C)O3)c(F)c2F)C1. The molecule has 0 spiro atoms. The van der Waals surface area contributed by atoms with Crippen molar-refractivity contribution in [1.82, 2.24) is 4.90 Å². The Morgan fingerprint density at radius 3 is 2.20 bits per heavy atom. The molecular weight excluding hydrogens is 325 g/mol. The van der Waals surface area contributed by atoms with Crippen LogP contribution in [0.3, 0.4) is 0 Å². The number of anilines is 1. The fourth-order valence-corrected chi connectivity index (χ4v) is 3.33. The Morgan fingerprint density at radius 2 is 1.68 bits per heavy atom. The van der Waals surface area contributed by atoms with E-state index in [1.165, 1.54) is 0 Å². The number of likely N-dealkylation sites (N-methyl/N-ethyl adjacent to an activating group) is 1. The van der Waals surface area contributed by atoms with Crippen LogP contribution in [-0.2, 0) is 9.31 Å². The first-order valence-corrected chi connectivity index (χ1v) is 8.78. The lowest BCUT2D eigenvalue weighted by Gasteiger charge is -2.32. The van der Waals surface area contributed by atoms with Crippen LogP contribution in [-0.4, -0.2) is 56.4 Å². The molecule has 2 aliphatic rings. The molecule has 2 heterocycles. The van der Waals surface area contributed by atoms with Gasteiger partial charge in [-0.15, -0.1) is 0 Å². The topological polar surface area (TPSA) is 24.9 Å². The Balaban J connectivity index is 1.85. The van der Waals surface area contributed by atoms with Gasteiger partial charge in [0.25, 0.3) is 0 Å². The van der Waals surface area contributed by atoms with Crippen LogP contribution in [0.25, 0.3) is 0 Å². The number of halogens is 2. The van der Waals surface area contributed by atoms with Crippen LogP contribution in [0.5, 0.6) is 0 Å². The molecule has 0 saturated carbocycles. The van der Waals surface area contributed by atoms with Crippen LogP contribution < -0.4 is 10.4 Å². The predicted octanol–water partition coefficient (Wildman–Crippen LogP) is 2.40. The highest BCUT2D eigenvalue weighted by atomic mass is 19.2. The van der Waals surface area contributed by atoms with E-state index in [9.17, 15) is 8.78 Å². The molecule has 2 aliphatic heterocycles. The maximum Gasteiger partial charge on any atom is 0.497 e. The molecule has 7 heteroatoms. The van der Waals surface area contributed by atoms with Gasteiger partial charge in [0.15, 0.2) is 11.6 Å². The molecule has 1 aromatic carbocycles. The van der Waals surface area contributed by atoms with Gasteiger partial charge in [-0.2, -0.15) is 0 Å². The molecule has 1 aromatic rings. The first-order chi connectivity index (χ1) is 11.5. The number of rotatable bonds is 3. The van der Waals surface area contributed by atoms with E-state index >= 15 is 0 Å². The molecule has 1 unspecified atom stereocenters. The van der Waals surface area contributed by atoms with Gasteiger partial charge < -0.3 is 19.1 Å². The van der Waals surface area contributed by atoms with Crippen LogP contribution in [0.2, 0.25) is 0 Å². The first kappa shape index (κ1) is 18.6. The van der Waals surface area contributed by atoms with Gasteiger partial charge in [-0.1, -0.05) is 6.07 Å². The summed E-state index contributed by atoms with van der Waals surface area (Å²) in [5.41, 5.74) is -0.759. The summed E-state index contributed by atoms with van der Waals surface area (Å²) in [7, 11) is 3.11. The summed E-state index contributed by atoms with van der Waals surface area (Å²) in [5, 5.41) is 0. The maximum atomic E-state index is 14.8. The molecule has 3 rings (SSSR count). The summed E-state index contributed by atoms with van der Waals surface area (Å²) in [4.78, 5) is 4.02. The van der Waals surface area contributed by atoms with Gasteiger partial charge in [-0.25, -0.2) is 8.78 Å². The van der Waals surface area contributed by atoms with Crippen molar-refractivity contribution in [3.63, 3.8) is 0 Å². The van der Waals surface area contributed by atoms with Crippen LogP contribution in [0.4, 0.5) is 14.5 Å². The minimum Gasteiger partial charge on any atom is -0.399 e.